The summed E-state index contributed by atoms with van der Waals surface area (Å²) in [6.07, 6.45) is 9.69. The number of hydrogen-bond donors (Lipinski definition) is 1. The van der Waals surface area contributed by atoms with Crippen molar-refractivity contribution in [2.24, 2.45) is 0 Å². The molecule has 0 spiro atoms. The maximum absolute atomic E-state index is 5.46. The van der Waals surface area contributed by atoms with E-state index in [-0.39, 0.29) is 5.54 Å². The molecule has 3 nitrogen and oxygen atoms in total. The summed E-state index contributed by atoms with van der Waals surface area (Å²) < 4.78 is 5.46. The number of fused-ring (bicyclic) bond motifs is 4. The average Bonchev–Trinajstić information content (AvgIpc) is 3.35. The second-order valence-corrected chi connectivity index (χ2v) is 9.54. The number of para-hydroxylation sites is 2. The smallest absolute Gasteiger partial charge is 0.0935 e. The van der Waals surface area contributed by atoms with Gasteiger partial charge in [-0.05, 0) is 68.0 Å². The van der Waals surface area contributed by atoms with Gasteiger partial charge < -0.3 is 14.6 Å². The molecule has 2 unspecified atom stereocenters. The minimum absolute atomic E-state index is 0.0636. The van der Waals surface area contributed by atoms with Gasteiger partial charge in [0, 0.05) is 21.9 Å². The summed E-state index contributed by atoms with van der Waals surface area (Å²) in [4.78, 5) is 5.41. The van der Waals surface area contributed by atoms with Gasteiger partial charge in [0.2, 0.25) is 0 Å². The first-order valence-corrected chi connectivity index (χ1v) is 11.1. The van der Waals surface area contributed by atoms with Crippen molar-refractivity contribution in [3.8, 4) is 0 Å². The molecular weight excluding hydrogens is 364 g/mol. The Balaban J connectivity index is 1.55. The number of benzene rings is 2. The van der Waals surface area contributed by atoms with Crippen LogP contribution in [0.2, 0.25) is 0 Å². The van der Waals surface area contributed by atoms with Crippen molar-refractivity contribution in [2.45, 2.75) is 59.5 Å². The lowest BCUT2D eigenvalue weighted by Crippen LogP contribution is -2.58. The second kappa shape index (κ2) is 6.43. The van der Waals surface area contributed by atoms with E-state index >= 15 is 0 Å². The Labute approximate surface area is 170 Å². The lowest BCUT2D eigenvalue weighted by Gasteiger charge is -2.52. The highest BCUT2D eigenvalue weighted by Crippen LogP contribution is 2.54. The highest BCUT2D eigenvalue weighted by Gasteiger charge is 2.49. The Morgan fingerprint density at radius 1 is 0.929 bits per heavy atom. The maximum Gasteiger partial charge on any atom is 0.0935 e. The third-order valence-corrected chi connectivity index (χ3v) is 7.74. The topological polar surface area (TPSA) is 28.4 Å². The van der Waals surface area contributed by atoms with Crippen LogP contribution in [0.3, 0.4) is 0 Å². The minimum atomic E-state index is 0.0636. The molecular formula is C24H24N2OS. The van der Waals surface area contributed by atoms with Crippen LogP contribution in [0.4, 0.5) is 11.4 Å². The molecule has 0 radical (unpaired) electrons. The second-order valence-electron chi connectivity index (χ2n) is 8.45. The van der Waals surface area contributed by atoms with Crippen molar-refractivity contribution in [2.75, 3.05) is 4.90 Å². The number of hydrogen-bond acceptors (Lipinski definition) is 4. The Morgan fingerprint density at radius 2 is 1.57 bits per heavy atom. The fraction of sp³-hybridized carbons (Fsp3) is 0.333. The summed E-state index contributed by atoms with van der Waals surface area (Å²) in [5.41, 5.74) is 4.08. The molecule has 0 saturated carbocycles. The fourth-order valence-electron chi connectivity index (χ4n) is 5.62. The number of nitrogens with zero attached hydrogens (tertiary/aromatic N) is 1. The summed E-state index contributed by atoms with van der Waals surface area (Å²) in [6, 6.07) is 21.2. The van der Waals surface area contributed by atoms with Crippen molar-refractivity contribution >= 4 is 23.1 Å². The Bertz CT molecular complexity index is 942. The van der Waals surface area contributed by atoms with E-state index in [1.54, 1.807) is 0 Å². The molecule has 0 amide bonds. The van der Waals surface area contributed by atoms with Gasteiger partial charge in [0.15, 0.2) is 0 Å². The van der Waals surface area contributed by atoms with E-state index in [1.165, 1.54) is 52.4 Å². The van der Waals surface area contributed by atoms with Crippen LogP contribution in [0.25, 0.3) is 0 Å². The highest BCUT2D eigenvalue weighted by molar-refractivity contribution is 7.99. The number of piperidine rings is 1. The van der Waals surface area contributed by atoms with Gasteiger partial charge in [-0.15, -0.1) is 0 Å². The van der Waals surface area contributed by atoms with Gasteiger partial charge in [-0.1, -0.05) is 36.0 Å². The van der Waals surface area contributed by atoms with Gasteiger partial charge in [-0.25, -0.2) is 0 Å². The number of furan rings is 1. The van der Waals surface area contributed by atoms with Crippen LogP contribution in [-0.4, -0.2) is 17.6 Å². The Hall–Kier alpha value is -2.17. The van der Waals surface area contributed by atoms with Gasteiger partial charge in [0.25, 0.3) is 0 Å². The number of anilines is 2. The summed E-state index contributed by atoms with van der Waals surface area (Å²) >= 11 is 1.90. The van der Waals surface area contributed by atoms with Crippen LogP contribution in [0.5, 0.6) is 0 Å². The zero-order valence-electron chi connectivity index (χ0n) is 15.8. The van der Waals surface area contributed by atoms with E-state index in [0.717, 1.165) is 6.42 Å². The van der Waals surface area contributed by atoms with E-state index in [9.17, 15) is 0 Å². The third-order valence-electron chi connectivity index (χ3n) is 6.61. The first-order valence-electron chi connectivity index (χ1n) is 10.2. The zero-order valence-corrected chi connectivity index (χ0v) is 16.6. The van der Waals surface area contributed by atoms with Crippen LogP contribution in [0.15, 0.2) is 81.3 Å². The largest absolute Gasteiger partial charge is 0.472 e. The summed E-state index contributed by atoms with van der Waals surface area (Å²) in [5.74, 6) is 0. The molecule has 142 valence electrons. The molecule has 2 atom stereocenters. The van der Waals surface area contributed by atoms with Crippen molar-refractivity contribution < 1.29 is 4.42 Å². The third kappa shape index (κ3) is 2.62. The average molecular weight is 389 g/mol. The summed E-state index contributed by atoms with van der Waals surface area (Å²) in [5, 5.41) is 3.86. The first-order chi connectivity index (χ1) is 13.8. The molecule has 0 aliphatic carbocycles. The van der Waals surface area contributed by atoms with E-state index < -0.39 is 0 Å². The van der Waals surface area contributed by atoms with Gasteiger partial charge in [-0.2, -0.15) is 0 Å². The molecule has 2 fully saturated rings. The van der Waals surface area contributed by atoms with Crippen LogP contribution < -0.4 is 10.2 Å². The minimum Gasteiger partial charge on any atom is -0.472 e. The predicted molar refractivity (Wildman–Crippen MR) is 113 cm³/mol. The summed E-state index contributed by atoms with van der Waals surface area (Å²) in [6.45, 7) is 0. The maximum atomic E-state index is 5.46. The highest BCUT2D eigenvalue weighted by atomic mass is 32.2. The van der Waals surface area contributed by atoms with Crippen LogP contribution in [-0.2, 0) is 6.42 Å². The monoisotopic (exact) mass is 388 g/mol. The standard InChI is InChI=1S/C24H24N2OS/c1-3-7-22-20(5-1)26(21-6-2-4-8-23(21)28-22)24(13-17-11-12-27-16-17)14-18-9-10-19(15-24)25-18/h1-8,11-12,16,18-19,25H,9-10,13-15H2. The molecule has 2 aromatic carbocycles. The van der Waals surface area contributed by atoms with Gasteiger partial charge in [-0.3, -0.25) is 0 Å². The number of rotatable bonds is 3. The molecule has 2 saturated heterocycles. The van der Waals surface area contributed by atoms with Gasteiger partial charge in [0.1, 0.15) is 0 Å². The molecule has 28 heavy (non-hydrogen) atoms. The van der Waals surface area contributed by atoms with Crippen LogP contribution in [0, 0.1) is 0 Å². The molecule has 6 rings (SSSR count). The molecule has 3 aliphatic rings. The molecule has 2 bridgehead atoms. The molecule has 1 aromatic heterocycles. The zero-order chi connectivity index (χ0) is 18.6. The molecule has 1 N–H and O–H groups in total. The SMILES string of the molecule is c1ccc2c(c1)Sc1ccccc1N2C1(Cc2ccoc2)CC2CCC(C1)N2. The summed E-state index contributed by atoms with van der Waals surface area (Å²) in [7, 11) is 0. The van der Waals surface area contributed by atoms with E-state index in [2.05, 4.69) is 64.8 Å². The fourth-order valence-corrected chi connectivity index (χ4v) is 6.68. The molecule has 3 aliphatic heterocycles. The van der Waals surface area contributed by atoms with Gasteiger partial charge in [0.05, 0.1) is 29.4 Å². The van der Waals surface area contributed by atoms with Gasteiger partial charge >= 0.3 is 0 Å². The van der Waals surface area contributed by atoms with Crippen molar-refractivity contribution in [1.82, 2.24) is 5.32 Å². The predicted octanol–water partition coefficient (Wildman–Crippen LogP) is 5.78. The quantitative estimate of drug-likeness (QED) is 0.616. The molecule has 4 heteroatoms. The lowest BCUT2D eigenvalue weighted by atomic mass is 9.77. The lowest BCUT2D eigenvalue weighted by molar-refractivity contribution is 0.246. The van der Waals surface area contributed by atoms with Crippen LogP contribution in [0.1, 0.15) is 31.2 Å². The number of nitrogens with one attached hydrogen (secondary N) is 1. The van der Waals surface area contributed by atoms with Crippen molar-refractivity contribution in [3.05, 3.63) is 72.7 Å². The molecule has 4 heterocycles. The Morgan fingerprint density at radius 3 is 2.18 bits per heavy atom. The Kier molecular flexibility index (Phi) is 3.85. The normalized spacial score (nSPS) is 28.1. The van der Waals surface area contributed by atoms with Crippen LogP contribution >= 0.6 is 11.8 Å². The van der Waals surface area contributed by atoms with Crippen molar-refractivity contribution in [1.29, 1.82) is 0 Å². The van der Waals surface area contributed by atoms with E-state index in [4.69, 9.17) is 4.42 Å². The first kappa shape index (κ1) is 16.8. The van der Waals surface area contributed by atoms with E-state index in [1.807, 2.05) is 24.3 Å². The van der Waals surface area contributed by atoms with Crippen molar-refractivity contribution in [3.63, 3.8) is 0 Å². The van der Waals surface area contributed by atoms with E-state index in [0.29, 0.717) is 12.1 Å². The molecule has 3 aromatic rings.